The molecule has 1 saturated heterocycles. The molecular formula is C23H31N3O3+2. The zero-order valence-corrected chi connectivity index (χ0v) is 17.1. The molecule has 1 amide bonds. The molecule has 0 aromatic heterocycles. The van der Waals surface area contributed by atoms with Crippen LogP contribution in [0, 0.1) is 0 Å². The zero-order chi connectivity index (χ0) is 20.1. The van der Waals surface area contributed by atoms with E-state index in [-0.39, 0.29) is 11.9 Å². The Kier molecular flexibility index (Phi) is 6.32. The largest absolute Gasteiger partial charge is 0.454 e. The molecule has 1 atom stereocenters. The van der Waals surface area contributed by atoms with Gasteiger partial charge in [-0.25, -0.2) is 0 Å². The van der Waals surface area contributed by atoms with Gasteiger partial charge in [0.25, 0.3) is 5.91 Å². The molecule has 0 unspecified atom stereocenters. The van der Waals surface area contributed by atoms with E-state index in [1.165, 1.54) is 16.0 Å². The molecule has 0 saturated carbocycles. The van der Waals surface area contributed by atoms with Crippen LogP contribution in [0.1, 0.15) is 18.1 Å². The van der Waals surface area contributed by atoms with Gasteiger partial charge in [0.1, 0.15) is 32.7 Å². The molecule has 1 fully saturated rings. The first kappa shape index (κ1) is 19.7. The van der Waals surface area contributed by atoms with Crippen molar-refractivity contribution in [3.8, 4) is 11.5 Å². The van der Waals surface area contributed by atoms with Crippen molar-refractivity contribution in [3.05, 3.63) is 59.7 Å². The fourth-order valence-electron chi connectivity index (χ4n) is 4.19. The molecule has 0 bridgehead atoms. The molecule has 2 aromatic rings. The molecule has 2 aliphatic heterocycles. The van der Waals surface area contributed by atoms with E-state index in [9.17, 15) is 4.79 Å². The van der Waals surface area contributed by atoms with E-state index < -0.39 is 0 Å². The molecule has 154 valence electrons. The highest BCUT2D eigenvalue weighted by Gasteiger charge is 2.31. The highest BCUT2D eigenvalue weighted by atomic mass is 16.7. The van der Waals surface area contributed by atoms with Gasteiger partial charge in [-0.15, -0.1) is 0 Å². The van der Waals surface area contributed by atoms with Gasteiger partial charge in [-0.05, 0) is 37.1 Å². The predicted octanol–water partition coefficient (Wildman–Crippen LogP) is -0.554. The monoisotopic (exact) mass is 397 g/mol. The number of benzene rings is 2. The van der Waals surface area contributed by atoms with E-state index in [1.807, 2.05) is 24.3 Å². The average Bonchev–Trinajstić information content (AvgIpc) is 3.22. The number of nitrogens with one attached hydrogen (secondary N) is 3. The van der Waals surface area contributed by atoms with Crippen LogP contribution in [0.15, 0.2) is 48.5 Å². The lowest BCUT2D eigenvalue weighted by molar-refractivity contribution is -1.02. The second-order valence-corrected chi connectivity index (χ2v) is 8.02. The van der Waals surface area contributed by atoms with Crippen LogP contribution in [0.25, 0.3) is 0 Å². The Balaban J connectivity index is 1.20. The Morgan fingerprint density at radius 2 is 1.76 bits per heavy atom. The first-order chi connectivity index (χ1) is 14.2. The number of piperazine rings is 1. The average molecular weight is 398 g/mol. The molecule has 6 nitrogen and oxygen atoms in total. The lowest BCUT2D eigenvalue weighted by Crippen LogP contribution is -3.29. The first-order valence-corrected chi connectivity index (χ1v) is 10.6. The van der Waals surface area contributed by atoms with Crippen LogP contribution in [-0.4, -0.2) is 51.5 Å². The topological polar surface area (TPSA) is 56.4 Å². The van der Waals surface area contributed by atoms with Crippen LogP contribution < -0.4 is 24.6 Å². The summed E-state index contributed by atoms with van der Waals surface area (Å²) in [6.07, 6.45) is 0.877. The van der Waals surface area contributed by atoms with Crippen LogP contribution in [-0.2, 0) is 17.8 Å². The van der Waals surface area contributed by atoms with Gasteiger partial charge in [0.15, 0.2) is 17.5 Å². The van der Waals surface area contributed by atoms with Crippen molar-refractivity contribution in [2.45, 2.75) is 25.9 Å². The molecule has 0 aliphatic carbocycles. The molecule has 0 spiro atoms. The number of quaternary nitrogens is 2. The van der Waals surface area contributed by atoms with E-state index in [1.54, 1.807) is 4.90 Å². The van der Waals surface area contributed by atoms with E-state index in [0.717, 1.165) is 50.6 Å². The van der Waals surface area contributed by atoms with Crippen LogP contribution in [0.3, 0.4) is 0 Å². The molecule has 2 aromatic carbocycles. The summed E-state index contributed by atoms with van der Waals surface area (Å²) in [5.74, 6) is 1.85. The van der Waals surface area contributed by atoms with Gasteiger partial charge in [0, 0.05) is 12.1 Å². The Bertz CT molecular complexity index is 819. The number of amides is 1. The highest BCUT2D eigenvalue weighted by Crippen LogP contribution is 2.32. The summed E-state index contributed by atoms with van der Waals surface area (Å²) < 4.78 is 10.9. The third-order valence-corrected chi connectivity index (χ3v) is 6.05. The molecule has 3 N–H and O–H groups in total. The maximum Gasteiger partial charge on any atom is 0.278 e. The second-order valence-electron chi connectivity index (χ2n) is 8.02. The van der Waals surface area contributed by atoms with Crippen molar-refractivity contribution in [1.82, 2.24) is 5.32 Å². The van der Waals surface area contributed by atoms with Gasteiger partial charge in [-0.1, -0.05) is 30.3 Å². The second kappa shape index (κ2) is 9.29. The van der Waals surface area contributed by atoms with Gasteiger partial charge >= 0.3 is 0 Å². The maximum absolute atomic E-state index is 12.5. The Labute approximate surface area is 172 Å². The van der Waals surface area contributed by atoms with Crippen LogP contribution in [0.4, 0.5) is 0 Å². The summed E-state index contributed by atoms with van der Waals surface area (Å²) in [4.78, 5) is 15.5. The molecule has 4 rings (SSSR count). The van der Waals surface area contributed by atoms with Crippen molar-refractivity contribution < 1.29 is 24.1 Å². The maximum atomic E-state index is 12.5. The van der Waals surface area contributed by atoms with Crippen molar-refractivity contribution in [2.75, 3.05) is 39.5 Å². The van der Waals surface area contributed by atoms with Gasteiger partial charge < -0.3 is 24.6 Å². The SMILES string of the molecule is C[C@H](C(=O)NCCc1ccccc1)[NH+]1CC[NH+](Cc2ccc3c(c2)OCO3)CC1. The lowest BCUT2D eigenvalue weighted by atomic mass is 10.1. The summed E-state index contributed by atoms with van der Waals surface area (Å²) in [6.45, 7) is 8.25. The van der Waals surface area contributed by atoms with Crippen LogP contribution in [0.2, 0.25) is 0 Å². The van der Waals surface area contributed by atoms with Crippen molar-refractivity contribution in [1.29, 1.82) is 0 Å². The highest BCUT2D eigenvalue weighted by molar-refractivity contribution is 5.79. The van der Waals surface area contributed by atoms with Crippen molar-refractivity contribution >= 4 is 5.91 Å². The van der Waals surface area contributed by atoms with Gasteiger partial charge in [0.05, 0.1) is 0 Å². The summed E-state index contributed by atoms with van der Waals surface area (Å²) in [5, 5.41) is 3.11. The molecule has 2 heterocycles. The Morgan fingerprint density at radius 1 is 1.00 bits per heavy atom. The molecule has 2 aliphatic rings. The lowest BCUT2D eigenvalue weighted by Gasteiger charge is -2.32. The predicted molar refractivity (Wildman–Crippen MR) is 110 cm³/mol. The molecule has 29 heavy (non-hydrogen) atoms. The number of hydrogen-bond acceptors (Lipinski definition) is 3. The standard InChI is InChI=1S/C23H29N3O3/c1-18(23(27)24-10-9-19-5-3-2-4-6-19)26-13-11-25(12-14-26)16-20-7-8-21-22(15-20)29-17-28-21/h2-8,15,18H,9-14,16-17H2,1H3,(H,24,27)/p+2/t18-/m1/s1. The Morgan fingerprint density at radius 3 is 2.55 bits per heavy atom. The van der Waals surface area contributed by atoms with Crippen LogP contribution >= 0.6 is 0 Å². The third-order valence-electron chi connectivity index (χ3n) is 6.05. The number of ether oxygens (including phenoxy) is 2. The van der Waals surface area contributed by atoms with E-state index >= 15 is 0 Å². The summed E-state index contributed by atoms with van der Waals surface area (Å²) in [5.41, 5.74) is 2.54. The van der Waals surface area contributed by atoms with Gasteiger partial charge in [0.2, 0.25) is 6.79 Å². The minimum Gasteiger partial charge on any atom is -0.454 e. The van der Waals surface area contributed by atoms with E-state index in [4.69, 9.17) is 9.47 Å². The van der Waals surface area contributed by atoms with E-state index in [2.05, 4.69) is 36.5 Å². The molecule has 0 radical (unpaired) electrons. The fraction of sp³-hybridized carbons (Fsp3) is 0.435. The number of carbonyl (C=O) groups is 1. The fourth-order valence-corrected chi connectivity index (χ4v) is 4.19. The zero-order valence-electron chi connectivity index (χ0n) is 17.1. The minimum atomic E-state index is -0.00198. The van der Waals surface area contributed by atoms with Crippen molar-refractivity contribution in [3.63, 3.8) is 0 Å². The smallest absolute Gasteiger partial charge is 0.278 e. The summed E-state index contributed by atoms with van der Waals surface area (Å²) in [7, 11) is 0. The quantitative estimate of drug-likeness (QED) is 0.588. The Hall–Kier alpha value is -2.57. The van der Waals surface area contributed by atoms with E-state index in [0.29, 0.717) is 13.3 Å². The molecular weight excluding hydrogens is 366 g/mol. The van der Waals surface area contributed by atoms with Crippen molar-refractivity contribution in [2.24, 2.45) is 0 Å². The number of hydrogen-bond donors (Lipinski definition) is 3. The summed E-state index contributed by atoms with van der Waals surface area (Å²) in [6, 6.07) is 16.5. The van der Waals surface area contributed by atoms with Gasteiger partial charge in [-0.3, -0.25) is 4.79 Å². The third kappa shape index (κ3) is 5.08. The first-order valence-electron chi connectivity index (χ1n) is 10.6. The molecule has 6 heteroatoms. The normalized spacial score (nSPS) is 21.6. The van der Waals surface area contributed by atoms with Crippen LogP contribution in [0.5, 0.6) is 11.5 Å². The minimum absolute atomic E-state index is 0.00198. The number of fused-ring (bicyclic) bond motifs is 1. The number of carbonyl (C=O) groups excluding carboxylic acids is 1. The summed E-state index contributed by atoms with van der Waals surface area (Å²) >= 11 is 0. The number of rotatable bonds is 7. The van der Waals surface area contributed by atoms with Gasteiger partial charge in [-0.2, -0.15) is 0 Å².